The Hall–Kier alpha value is -2.20. The lowest BCUT2D eigenvalue weighted by Gasteiger charge is -2.40. The molecule has 10 heteroatoms. The van der Waals surface area contributed by atoms with Gasteiger partial charge in [-0.3, -0.25) is 14.4 Å². The monoisotopic (exact) mass is 622 g/mol. The Kier molecular flexibility index (Phi) is 9.26. The lowest BCUT2D eigenvalue weighted by molar-refractivity contribution is -0.155. The topological polar surface area (TPSA) is 96.4 Å². The van der Waals surface area contributed by atoms with Gasteiger partial charge < -0.3 is 24.4 Å². The van der Waals surface area contributed by atoms with Crippen molar-refractivity contribution >= 4 is 51.0 Å². The number of amides is 2. The van der Waals surface area contributed by atoms with Gasteiger partial charge in [0.25, 0.3) is 5.91 Å². The van der Waals surface area contributed by atoms with Crippen molar-refractivity contribution in [3.05, 3.63) is 54.6 Å². The van der Waals surface area contributed by atoms with Crippen molar-refractivity contribution in [2.45, 2.75) is 61.7 Å². The molecule has 212 valence electrons. The number of carbonyl (C=O) groups is 3. The number of alkyl halides is 1. The zero-order valence-corrected chi connectivity index (χ0v) is 24.6. The number of rotatable bonds is 12. The van der Waals surface area contributed by atoms with Crippen molar-refractivity contribution in [3.8, 4) is 0 Å². The number of ether oxygens (including phenoxy) is 2. The maximum atomic E-state index is 14.6. The maximum absolute atomic E-state index is 14.6. The summed E-state index contributed by atoms with van der Waals surface area (Å²) in [6.07, 6.45) is 3.92. The lowest BCUT2D eigenvalue weighted by atomic mass is 9.70. The number of carbonyl (C=O) groups excluding carboxylic acids is 3. The van der Waals surface area contributed by atoms with Crippen LogP contribution in [-0.2, 0) is 23.9 Å². The first-order valence-corrected chi connectivity index (χ1v) is 14.6. The van der Waals surface area contributed by atoms with Crippen LogP contribution in [0.5, 0.6) is 0 Å². The average molecular weight is 624 g/mol. The molecular weight excluding hydrogens is 588 g/mol. The highest BCUT2D eigenvalue weighted by molar-refractivity contribution is 9.09. The maximum Gasteiger partial charge on any atom is 0.312 e. The molecule has 1 spiro atoms. The van der Waals surface area contributed by atoms with Crippen LogP contribution in [0.1, 0.15) is 33.1 Å². The summed E-state index contributed by atoms with van der Waals surface area (Å²) in [7, 11) is 0. The SMILES string of the molecule is C=CCCOC(=O)[C@H]1[C@@H]2OC3(CC2Br)C(C(=O)N(CC=C)c2ccccc2Cl)N([C@@H](CO)CC(C)C)C(=O)[C@H]13. The normalized spacial score (nSPS) is 29.8. The molecule has 0 aliphatic carbocycles. The van der Waals surface area contributed by atoms with Crippen LogP contribution in [0.25, 0.3) is 0 Å². The molecule has 1 N–H and O–H groups in total. The largest absolute Gasteiger partial charge is 0.465 e. The average Bonchev–Trinajstić information content (AvgIpc) is 3.49. The first-order chi connectivity index (χ1) is 18.6. The molecule has 8 nitrogen and oxygen atoms in total. The highest BCUT2D eigenvalue weighted by Crippen LogP contribution is 2.61. The van der Waals surface area contributed by atoms with Crippen molar-refractivity contribution < 1.29 is 29.0 Å². The van der Waals surface area contributed by atoms with Crippen LogP contribution in [0.2, 0.25) is 5.02 Å². The van der Waals surface area contributed by atoms with E-state index < -0.39 is 47.5 Å². The number of aliphatic hydroxyl groups excluding tert-OH is 1. The van der Waals surface area contributed by atoms with Gasteiger partial charge in [0, 0.05) is 11.4 Å². The molecule has 0 aromatic heterocycles. The van der Waals surface area contributed by atoms with Crippen molar-refractivity contribution in [1.29, 1.82) is 0 Å². The number of hydrogen-bond acceptors (Lipinski definition) is 6. The fourth-order valence-electron chi connectivity index (χ4n) is 6.42. The summed E-state index contributed by atoms with van der Waals surface area (Å²) in [6, 6.07) is 5.25. The van der Waals surface area contributed by atoms with Crippen LogP contribution in [0.4, 0.5) is 5.69 Å². The van der Waals surface area contributed by atoms with E-state index in [2.05, 4.69) is 29.1 Å². The van der Waals surface area contributed by atoms with E-state index in [0.29, 0.717) is 30.0 Å². The lowest BCUT2D eigenvalue weighted by Crippen LogP contribution is -2.59. The minimum atomic E-state index is -1.28. The van der Waals surface area contributed by atoms with Gasteiger partial charge in [-0.25, -0.2) is 0 Å². The van der Waals surface area contributed by atoms with Gasteiger partial charge in [-0.2, -0.15) is 0 Å². The second kappa shape index (κ2) is 12.1. The molecule has 3 unspecified atom stereocenters. The molecule has 3 aliphatic heterocycles. The number of para-hydroxylation sites is 1. The fraction of sp³-hybridized carbons (Fsp3) is 0.552. The van der Waals surface area contributed by atoms with Gasteiger partial charge in [-0.1, -0.05) is 65.7 Å². The van der Waals surface area contributed by atoms with Gasteiger partial charge in [0.1, 0.15) is 11.6 Å². The van der Waals surface area contributed by atoms with E-state index in [1.807, 2.05) is 13.8 Å². The molecule has 39 heavy (non-hydrogen) atoms. The van der Waals surface area contributed by atoms with E-state index in [9.17, 15) is 19.5 Å². The van der Waals surface area contributed by atoms with Crippen molar-refractivity contribution in [2.24, 2.45) is 17.8 Å². The molecule has 0 radical (unpaired) electrons. The first kappa shape index (κ1) is 29.8. The molecule has 3 aliphatic rings. The number of likely N-dealkylation sites (tertiary alicyclic amines) is 1. The predicted molar refractivity (Wildman–Crippen MR) is 153 cm³/mol. The van der Waals surface area contributed by atoms with Gasteiger partial charge in [0.15, 0.2) is 0 Å². The number of fused-ring (bicyclic) bond motifs is 1. The molecule has 2 amide bonds. The molecule has 0 saturated carbocycles. The van der Waals surface area contributed by atoms with Crippen LogP contribution >= 0.6 is 27.5 Å². The van der Waals surface area contributed by atoms with Crippen molar-refractivity contribution in [3.63, 3.8) is 0 Å². The third-order valence-electron chi connectivity index (χ3n) is 7.87. The van der Waals surface area contributed by atoms with Gasteiger partial charge >= 0.3 is 5.97 Å². The molecule has 1 aromatic carbocycles. The summed E-state index contributed by atoms with van der Waals surface area (Å²) in [5.74, 6) is -2.97. The van der Waals surface area contributed by atoms with E-state index in [0.717, 1.165) is 0 Å². The van der Waals surface area contributed by atoms with Gasteiger partial charge in [0.2, 0.25) is 5.91 Å². The standard InChI is InChI=1S/C29H36BrClN2O6/c1-5-7-13-38-28(37)22-23-26(35)33(18(16-34)14-17(3)4)25(29(23)15-19(30)24(22)39-29)27(36)32(12-6-2)21-11-9-8-10-20(21)31/h5-6,8-11,17-19,22-25,34H,1-2,7,12-16H2,3-4H3/t18-,19?,22-,23+,24-,25?,29?/m1/s1. The molecule has 1 aromatic rings. The quantitative estimate of drug-likeness (QED) is 0.163. The number of halogens is 2. The van der Waals surface area contributed by atoms with Crippen molar-refractivity contribution in [2.75, 3.05) is 24.7 Å². The van der Waals surface area contributed by atoms with Crippen LogP contribution in [0.15, 0.2) is 49.6 Å². The second-order valence-electron chi connectivity index (χ2n) is 10.8. The summed E-state index contributed by atoms with van der Waals surface area (Å²) >= 11 is 10.2. The number of hydrogen-bond donors (Lipinski definition) is 1. The van der Waals surface area contributed by atoms with Gasteiger partial charge in [-0.15, -0.1) is 13.2 Å². The summed E-state index contributed by atoms with van der Waals surface area (Å²) < 4.78 is 12.1. The zero-order valence-electron chi connectivity index (χ0n) is 22.3. The van der Waals surface area contributed by atoms with Crippen LogP contribution in [0.3, 0.4) is 0 Å². The number of esters is 1. The number of anilines is 1. The third-order valence-corrected chi connectivity index (χ3v) is 9.03. The van der Waals surface area contributed by atoms with Crippen LogP contribution in [-0.4, -0.2) is 76.2 Å². The fourth-order valence-corrected chi connectivity index (χ4v) is 7.60. The Bertz CT molecular complexity index is 1130. The predicted octanol–water partition coefficient (Wildman–Crippen LogP) is 4.13. The third kappa shape index (κ3) is 5.19. The summed E-state index contributed by atoms with van der Waals surface area (Å²) in [4.78, 5) is 44.9. The highest BCUT2D eigenvalue weighted by Gasteiger charge is 2.77. The Morgan fingerprint density at radius 3 is 2.67 bits per heavy atom. The van der Waals surface area contributed by atoms with E-state index in [1.54, 1.807) is 36.4 Å². The number of aliphatic hydroxyl groups is 1. The smallest absolute Gasteiger partial charge is 0.312 e. The van der Waals surface area contributed by atoms with E-state index in [1.165, 1.54) is 9.80 Å². The van der Waals surface area contributed by atoms with Gasteiger partial charge in [-0.05, 0) is 37.3 Å². The highest BCUT2D eigenvalue weighted by atomic mass is 79.9. The Labute approximate surface area is 243 Å². The molecular formula is C29H36BrClN2O6. The minimum Gasteiger partial charge on any atom is -0.465 e. The van der Waals surface area contributed by atoms with E-state index in [-0.39, 0.29) is 36.4 Å². The molecule has 3 fully saturated rings. The summed E-state index contributed by atoms with van der Waals surface area (Å²) in [6.45, 7) is 11.4. The molecule has 2 bridgehead atoms. The molecule has 7 atom stereocenters. The van der Waals surface area contributed by atoms with Crippen LogP contribution in [0, 0.1) is 17.8 Å². The van der Waals surface area contributed by atoms with Crippen molar-refractivity contribution in [1.82, 2.24) is 4.90 Å². The minimum absolute atomic E-state index is 0.136. The van der Waals surface area contributed by atoms with Crippen LogP contribution < -0.4 is 4.90 Å². The Morgan fingerprint density at radius 2 is 2.05 bits per heavy atom. The van der Waals surface area contributed by atoms with E-state index in [4.69, 9.17) is 21.1 Å². The summed E-state index contributed by atoms with van der Waals surface area (Å²) in [5.41, 5.74) is -0.802. The van der Waals surface area contributed by atoms with Gasteiger partial charge in [0.05, 0.1) is 47.9 Å². The summed E-state index contributed by atoms with van der Waals surface area (Å²) in [5, 5.41) is 10.8. The Balaban J connectivity index is 1.83. The van der Waals surface area contributed by atoms with E-state index >= 15 is 0 Å². The Morgan fingerprint density at radius 1 is 1.33 bits per heavy atom. The first-order valence-electron chi connectivity index (χ1n) is 13.3. The number of benzene rings is 1. The zero-order chi connectivity index (χ0) is 28.5. The number of nitrogens with zero attached hydrogens (tertiary/aromatic N) is 2. The molecule has 3 heterocycles. The second-order valence-corrected chi connectivity index (χ2v) is 12.4. The molecule has 4 rings (SSSR count). The molecule has 3 saturated heterocycles.